The molecule has 1 unspecified atom stereocenters. The second-order valence-electron chi connectivity index (χ2n) is 1.86. The van der Waals surface area contributed by atoms with Gasteiger partial charge in [-0.3, -0.25) is 4.79 Å². The topological polar surface area (TPSA) is 165 Å². The Labute approximate surface area is 82.2 Å². The summed E-state index contributed by atoms with van der Waals surface area (Å²) in [4.78, 5) is 19.4. The fourth-order valence-corrected chi connectivity index (χ4v) is 0.253. The van der Waals surface area contributed by atoms with Gasteiger partial charge in [0.25, 0.3) is 0 Å². The van der Waals surface area contributed by atoms with E-state index in [0.29, 0.717) is 0 Å². The molecule has 1 atom stereocenters. The smallest absolute Gasteiger partial charge is 0.333 e. The lowest BCUT2D eigenvalue weighted by Gasteiger charge is -1.97. The number of carboxylic acids is 2. The molecule has 0 aliphatic rings. The molecular weight excluding hydrogens is 192 g/mol. The van der Waals surface area contributed by atoms with Crippen LogP contribution in [0.15, 0.2) is 12.7 Å². The van der Waals surface area contributed by atoms with Crippen molar-refractivity contribution >= 4 is 11.9 Å². The van der Waals surface area contributed by atoms with Crippen molar-refractivity contribution in [1.29, 1.82) is 0 Å². The Morgan fingerprint density at radius 3 is 1.71 bits per heavy atom. The van der Waals surface area contributed by atoms with E-state index in [9.17, 15) is 9.59 Å². The van der Waals surface area contributed by atoms with Crippen molar-refractivity contribution in [1.82, 2.24) is 12.3 Å². The van der Waals surface area contributed by atoms with E-state index in [1.54, 1.807) is 6.08 Å². The maximum atomic E-state index is 9.72. The molecule has 0 radical (unpaired) electrons. The third kappa shape index (κ3) is 22.4. The van der Waals surface area contributed by atoms with E-state index in [2.05, 4.69) is 6.58 Å². The summed E-state index contributed by atoms with van der Waals surface area (Å²) in [6.07, 6.45) is -0.794. The lowest BCUT2D eigenvalue weighted by atomic mass is 10.3. The maximum absolute atomic E-state index is 9.72. The number of carbonyl (C=O) groups is 2. The van der Waals surface area contributed by atoms with Gasteiger partial charge < -0.3 is 27.6 Å². The van der Waals surface area contributed by atoms with E-state index in [0.717, 1.165) is 0 Å². The van der Waals surface area contributed by atoms with Crippen LogP contribution in [0.5, 0.6) is 0 Å². The fourth-order valence-electron chi connectivity index (χ4n) is 0.253. The first-order valence-corrected chi connectivity index (χ1v) is 3.15. The summed E-state index contributed by atoms with van der Waals surface area (Å²) in [5.74, 6) is -2.85. The zero-order valence-corrected chi connectivity index (χ0v) is 8.14. The van der Waals surface area contributed by atoms with Crippen LogP contribution in [-0.2, 0) is 9.59 Å². The first kappa shape index (κ1) is 22.9. The minimum absolute atomic E-state index is 0. The molecule has 0 aliphatic carbocycles. The van der Waals surface area contributed by atoms with Crippen LogP contribution >= 0.6 is 0 Å². The molecule has 0 heterocycles. The van der Waals surface area contributed by atoms with Crippen molar-refractivity contribution in [3.05, 3.63) is 12.7 Å². The molecular formula is C7H18N2O5. The van der Waals surface area contributed by atoms with Crippen molar-refractivity contribution in [2.45, 2.75) is 19.4 Å². The van der Waals surface area contributed by atoms with Crippen LogP contribution in [0.1, 0.15) is 13.3 Å². The van der Waals surface area contributed by atoms with Gasteiger partial charge in [-0.2, -0.15) is 0 Å². The van der Waals surface area contributed by atoms with Crippen molar-refractivity contribution in [2.75, 3.05) is 0 Å². The Balaban J connectivity index is -0.0000000891. The van der Waals surface area contributed by atoms with Gasteiger partial charge in [0.05, 0.1) is 6.42 Å². The molecule has 0 fully saturated rings. The largest absolute Gasteiger partial charge is 0.481 e. The van der Waals surface area contributed by atoms with Gasteiger partial charge in [0.15, 0.2) is 6.10 Å². The summed E-state index contributed by atoms with van der Waals surface area (Å²) >= 11 is 0. The van der Waals surface area contributed by atoms with Gasteiger partial charge in [0.1, 0.15) is 0 Å². The maximum Gasteiger partial charge on any atom is 0.333 e. The molecule has 0 spiro atoms. The van der Waals surface area contributed by atoms with Crippen LogP contribution in [0.3, 0.4) is 0 Å². The van der Waals surface area contributed by atoms with Crippen LogP contribution in [0.25, 0.3) is 0 Å². The number of hydrogen-bond acceptors (Lipinski definition) is 5. The first-order valence-electron chi connectivity index (χ1n) is 3.15. The number of aliphatic carboxylic acids is 2. The molecule has 86 valence electrons. The van der Waals surface area contributed by atoms with E-state index in [4.69, 9.17) is 15.3 Å². The van der Waals surface area contributed by atoms with Gasteiger partial charge in [0.2, 0.25) is 0 Å². The molecule has 0 aromatic rings. The van der Waals surface area contributed by atoms with Crippen molar-refractivity contribution in [3.63, 3.8) is 0 Å². The van der Waals surface area contributed by atoms with Crippen molar-refractivity contribution < 1.29 is 24.9 Å². The Morgan fingerprint density at radius 1 is 1.36 bits per heavy atom. The summed E-state index contributed by atoms with van der Waals surface area (Å²) in [6.45, 7) is 5.25. The van der Waals surface area contributed by atoms with Crippen LogP contribution in [0.4, 0.5) is 0 Å². The molecule has 0 bridgehead atoms. The van der Waals surface area contributed by atoms with E-state index in [1.807, 2.05) is 6.92 Å². The molecule has 9 N–H and O–H groups in total. The summed E-state index contributed by atoms with van der Waals surface area (Å²) in [5.41, 5.74) is 0. The molecule has 7 heteroatoms. The predicted molar refractivity (Wildman–Crippen MR) is 51.8 cm³/mol. The van der Waals surface area contributed by atoms with Crippen molar-refractivity contribution in [3.8, 4) is 0 Å². The quantitative estimate of drug-likeness (QED) is 0.421. The molecule has 0 rings (SSSR count). The molecule has 0 saturated carbocycles. The lowest BCUT2D eigenvalue weighted by molar-refractivity contribution is -0.152. The van der Waals surface area contributed by atoms with E-state index >= 15 is 0 Å². The van der Waals surface area contributed by atoms with Gasteiger partial charge in [-0.05, 0) is 6.92 Å². The summed E-state index contributed by atoms with van der Waals surface area (Å²) in [7, 11) is 0. The van der Waals surface area contributed by atoms with Crippen LogP contribution in [0, 0.1) is 0 Å². The Bertz CT molecular complexity index is 171. The van der Waals surface area contributed by atoms with Gasteiger partial charge in [0, 0.05) is 0 Å². The van der Waals surface area contributed by atoms with Crippen LogP contribution < -0.4 is 12.3 Å². The number of carboxylic acid groups (broad SMARTS) is 2. The normalized spacial score (nSPS) is 9.00. The second-order valence-corrected chi connectivity index (χ2v) is 1.86. The van der Waals surface area contributed by atoms with Crippen LogP contribution in [0.2, 0.25) is 0 Å². The highest BCUT2D eigenvalue weighted by atomic mass is 16.4. The molecule has 0 amide bonds. The first-order chi connectivity index (χ1) is 5.45. The van der Waals surface area contributed by atoms with Gasteiger partial charge >= 0.3 is 11.9 Å². The summed E-state index contributed by atoms with van der Waals surface area (Å²) in [5, 5.41) is 24.1. The average molecular weight is 210 g/mol. The van der Waals surface area contributed by atoms with Gasteiger partial charge in [-0.15, -0.1) is 6.58 Å². The third-order valence-electron chi connectivity index (χ3n) is 0.653. The van der Waals surface area contributed by atoms with Gasteiger partial charge in [-0.1, -0.05) is 6.08 Å². The Kier molecular flexibility index (Phi) is 23.1. The van der Waals surface area contributed by atoms with E-state index in [1.165, 1.54) is 0 Å². The minimum atomic E-state index is -1.79. The zero-order chi connectivity index (χ0) is 10.1. The lowest BCUT2D eigenvalue weighted by Crippen LogP contribution is -2.22. The minimum Gasteiger partial charge on any atom is -0.481 e. The van der Waals surface area contributed by atoms with Gasteiger partial charge in [-0.25, -0.2) is 4.79 Å². The third-order valence-corrected chi connectivity index (χ3v) is 0.653. The number of aliphatic hydroxyl groups excluding tert-OH is 1. The highest BCUT2D eigenvalue weighted by Crippen LogP contribution is 1.89. The van der Waals surface area contributed by atoms with E-state index in [-0.39, 0.29) is 12.3 Å². The Morgan fingerprint density at radius 2 is 1.64 bits per heavy atom. The Hall–Kier alpha value is -1.44. The standard InChI is InChI=1S/C4H6O5.C3H6.2H3N/c5-2(4(8)9)1-3(6)7;1-3-2;;/h2,5H,1H2,(H,6,7)(H,8,9);3H,1H2,2H3;2*1H3. The summed E-state index contributed by atoms with van der Waals surface area (Å²) < 4.78 is 0. The number of allylic oxidation sites excluding steroid dienone is 1. The molecule has 0 aliphatic heterocycles. The number of aliphatic hydroxyl groups is 1. The molecule has 0 aromatic heterocycles. The number of rotatable bonds is 3. The fraction of sp³-hybridized carbons (Fsp3) is 0.429. The zero-order valence-electron chi connectivity index (χ0n) is 8.14. The number of hydrogen-bond donors (Lipinski definition) is 5. The summed E-state index contributed by atoms with van der Waals surface area (Å²) in [6, 6.07) is 0. The average Bonchev–Trinajstić information content (AvgIpc) is 1.87. The predicted octanol–water partition coefficient (Wildman–Crippen LogP) is 0.423. The second kappa shape index (κ2) is 14.1. The SMILES string of the molecule is C=CC.N.N.O=C(O)CC(O)C(=O)O. The monoisotopic (exact) mass is 210 g/mol. The highest BCUT2D eigenvalue weighted by Gasteiger charge is 2.16. The molecule has 0 saturated heterocycles. The molecule has 14 heavy (non-hydrogen) atoms. The van der Waals surface area contributed by atoms with Crippen LogP contribution in [-0.4, -0.2) is 33.4 Å². The van der Waals surface area contributed by atoms with Crippen molar-refractivity contribution in [2.24, 2.45) is 0 Å². The molecule has 7 nitrogen and oxygen atoms in total. The molecule has 0 aromatic carbocycles. The van der Waals surface area contributed by atoms with E-state index < -0.39 is 24.5 Å². The highest BCUT2D eigenvalue weighted by molar-refractivity contribution is 5.79.